The Bertz CT molecular complexity index is 1800. The van der Waals surface area contributed by atoms with Crippen LogP contribution in [0.3, 0.4) is 0 Å². The van der Waals surface area contributed by atoms with Crippen LogP contribution in [-0.2, 0) is 4.79 Å². The number of amidine groups is 1. The highest BCUT2D eigenvalue weighted by atomic mass is 32.2. The van der Waals surface area contributed by atoms with Gasteiger partial charge in [0, 0.05) is 11.1 Å². The summed E-state index contributed by atoms with van der Waals surface area (Å²) in [4.78, 5) is 18.8. The van der Waals surface area contributed by atoms with Crippen LogP contribution in [0.2, 0.25) is 0 Å². The van der Waals surface area contributed by atoms with Crippen LogP contribution < -0.4 is 9.64 Å². The number of alkyl halides is 3. The Morgan fingerprint density at radius 2 is 1.58 bits per heavy atom. The van der Waals surface area contributed by atoms with Crippen molar-refractivity contribution in [2.75, 3.05) is 10.7 Å². The molecular weight excluding hydrogens is 577 g/mol. The third kappa shape index (κ3) is 6.49. The van der Waals surface area contributed by atoms with Gasteiger partial charge >= 0.3 is 6.36 Å². The van der Waals surface area contributed by atoms with Crippen LogP contribution in [0.15, 0.2) is 120 Å². The van der Waals surface area contributed by atoms with Gasteiger partial charge in [0.15, 0.2) is 11.0 Å². The van der Waals surface area contributed by atoms with Crippen LogP contribution in [0.25, 0.3) is 28.2 Å². The molecule has 1 aromatic heterocycles. The van der Waals surface area contributed by atoms with E-state index in [9.17, 15) is 18.0 Å². The fourth-order valence-electron chi connectivity index (χ4n) is 4.39. The molecule has 0 aliphatic carbocycles. The molecule has 0 N–H and O–H groups in total. The minimum absolute atomic E-state index is 0.0656. The van der Waals surface area contributed by atoms with E-state index < -0.39 is 6.36 Å². The topological polar surface area (TPSA) is 85.0 Å². The second-order valence-electron chi connectivity index (χ2n) is 9.20. The summed E-state index contributed by atoms with van der Waals surface area (Å²) in [5.41, 5.74) is 4.71. The van der Waals surface area contributed by atoms with Crippen molar-refractivity contribution in [3.05, 3.63) is 115 Å². The average Bonchev–Trinajstić information content (AvgIpc) is 3.65. The van der Waals surface area contributed by atoms with Gasteiger partial charge in [-0.25, -0.2) is 9.67 Å². The monoisotopic (exact) mass is 598 g/mol. The molecule has 0 atom stereocenters. The summed E-state index contributed by atoms with van der Waals surface area (Å²) >= 11 is 1.33. The van der Waals surface area contributed by atoms with Gasteiger partial charge in [-0.05, 0) is 41.5 Å². The standard InChI is InChI=1S/C31H21F3N6O2S/c32-31(33,34)42-25-16-14-24(15-17-25)39-20-35-29(38-39)23-12-10-21(11-13-23)18-36-37-30-40(28(41)19-43-30)27-9-5-4-8-26(27)22-6-2-1-3-7-22/h1-18,20H,19H2. The van der Waals surface area contributed by atoms with Crippen LogP contribution in [0, 0.1) is 0 Å². The molecule has 43 heavy (non-hydrogen) atoms. The van der Waals surface area contributed by atoms with Crippen molar-refractivity contribution in [2.24, 2.45) is 10.2 Å². The Morgan fingerprint density at radius 1 is 0.860 bits per heavy atom. The number of hydrogen-bond acceptors (Lipinski definition) is 7. The second kappa shape index (κ2) is 11.9. The lowest BCUT2D eigenvalue weighted by molar-refractivity contribution is -0.274. The van der Waals surface area contributed by atoms with Crippen molar-refractivity contribution >= 4 is 34.7 Å². The largest absolute Gasteiger partial charge is 0.573 e. The van der Waals surface area contributed by atoms with Crippen molar-refractivity contribution in [3.63, 3.8) is 0 Å². The van der Waals surface area contributed by atoms with Gasteiger partial charge in [0.05, 0.1) is 23.3 Å². The summed E-state index contributed by atoms with van der Waals surface area (Å²) in [7, 11) is 0. The zero-order chi connectivity index (χ0) is 29.8. The van der Waals surface area contributed by atoms with Gasteiger partial charge < -0.3 is 4.74 Å². The summed E-state index contributed by atoms with van der Waals surface area (Å²) in [5, 5.41) is 13.5. The zero-order valence-electron chi connectivity index (χ0n) is 22.2. The lowest BCUT2D eigenvalue weighted by atomic mass is 10.0. The minimum atomic E-state index is -4.75. The second-order valence-corrected chi connectivity index (χ2v) is 10.1. The average molecular weight is 599 g/mol. The smallest absolute Gasteiger partial charge is 0.406 e. The first-order chi connectivity index (χ1) is 20.8. The number of amides is 1. The summed E-state index contributed by atoms with van der Waals surface area (Å²) in [6, 6.07) is 30.2. The summed E-state index contributed by atoms with van der Waals surface area (Å²) in [6.07, 6.45) is -1.68. The highest BCUT2D eigenvalue weighted by Gasteiger charge is 2.32. The van der Waals surface area contributed by atoms with Crippen molar-refractivity contribution in [1.29, 1.82) is 0 Å². The number of carbonyl (C=O) groups is 1. The van der Waals surface area contributed by atoms with Crippen LogP contribution in [-0.4, -0.2) is 44.2 Å². The molecule has 6 rings (SSSR count). The Hall–Kier alpha value is -5.23. The van der Waals surface area contributed by atoms with E-state index in [4.69, 9.17) is 0 Å². The molecule has 2 heterocycles. The molecule has 1 saturated heterocycles. The Labute approximate surface area is 248 Å². The number of para-hydroxylation sites is 1. The third-order valence-electron chi connectivity index (χ3n) is 6.34. The van der Waals surface area contributed by atoms with Crippen molar-refractivity contribution in [2.45, 2.75) is 6.36 Å². The van der Waals surface area contributed by atoms with E-state index in [2.05, 4.69) is 25.0 Å². The molecule has 0 unspecified atom stereocenters. The number of benzene rings is 4. The van der Waals surface area contributed by atoms with E-state index in [0.29, 0.717) is 16.7 Å². The number of carbonyl (C=O) groups excluding carboxylic acids is 1. The minimum Gasteiger partial charge on any atom is -0.406 e. The molecule has 1 amide bonds. The Balaban J connectivity index is 1.15. The molecule has 1 aliphatic heterocycles. The predicted octanol–water partition coefficient (Wildman–Crippen LogP) is 6.97. The molecule has 12 heteroatoms. The molecule has 0 bridgehead atoms. The first-order valence-corrected chi connectivity index (χ1v) is 13.9. The predicted molar refractivity (Wildman–Crippen MR) is 160 cm³/mol. The number of aromatic nitrogens is 3. The molecule has 5 aromatic rings. The van der Waals surface area contributed by atoms with Gasteiger partial charge in [-0.3, -0.25) is 9.69 Å². The normalized spacial score (nSPS) is 14.6. The maximum absolute atomic E-state index is 12.8. The SMILES string of the molecule is O=C1CSC(=NN=Cc2ccc(-c3ncn(-c4ccc(OC(F)(F)F)cc4)n3)cc2)N1c1ccccc1-c1ccccc1. The van der Waals surface area contributed by atoms with Crippen LogP contribution in [0.1, 0.15) is 5.56 Å². The van der Waals surface area contributed by atoms with E-state index in [0.717, 1.165) is 27.9 Å². The van der Waals surface area contributed by atoms with E-state index in [-0.39, 0.29) is 17.4 Å². The van der Waals surface area contributed by atoms with Crippen molar-refractivity contribution < 1.29 is 22.7 Å². The molecule has 214 valence electrons. The number of thioether (sulfide) groups is 1. The van der Waals surface area contributed by atoms with E-state index in [1.165, 1.54) is 47.0 Å². The summed E-state index contributed by atoms with van der Waals surface area (Å²) in [5.74, 6) is 0.330. The summed E-state index contributed by atoms with van der Waals surface area (Å²) < 4.78 is 42.6. The third-order valence-corrected chi connectivity index (χ3v) is 7.25. The first kappa shape index (κ1) is 27.9. The zero-order valence-corrected chi connectivity index (χ0v) is 23.0. The van der Waals surface area contributed by atoms with E-state index >= 15 is 0 Å². The molecule has 4 aromatic carbocycles. The van der Waals surface area contributed by atoms with Gasteiger partial charge in [0.25, 0.3) is 0 Å². The quantitative estimate of drug-likeness (QED) is 0.149. The number of nitrogens with zero attached hydrogens (tertiary/aromatic N) is 6. The van der Waals surface area contributed by atoms with Crippen molar-refractivity contribution in [3.8, 4) is 34.0 Å². The maximum atomic E-state index is 12.8. The van der Waals surface area contributed by atoms with Gasteiger partial charge in [-0.2, -0.15) is 5.10 Å². The van der Waals surface area contributed by atoms with Gasteiger partial charge in [-0.1, -0.05) is 84.6 Å². The summed E-state index contributed by atoms with van der Waals surface area (Å²) in [6.45, 7) is 0. The van der Waals surface area contributed by atoms with Crippen LogP contribution >= 0.6 is 11.8 Å². The molecule has 0 radical (unpaired) electrons. The lowest BCUT2D eigenvalue weighted by Gasteiger charge is -2.19. The van der Waals surface area contributed by atoms with E-state index in [1.807, 2.05) is 78.9 Å². The van der Waals surface area contributed by atoms with Gasteiger partial charge in [-0.15, -0.1) is 23.4 Å². The number of halogens is 3. The Morgan fingerprint density at radius 3 is 2.33 bits per heavy atom. The fraction of sp³-hybridized carbons (Fsp3) is 0.0645. The molecule has 0 spiro atoms. The number of ether oxygens (including phenoxy) is 1. The molecule has 0 saturated carbocycles. The number of rotatable bonds is 7. The highest BCUT2D eigenvalue weighted by Crippen LogP contribution is 2.35. The molecule has 1 fully saturated rings. The Kier molecular flexibility index (Phi) is 7.75. The number of anilines is 1. The molecular formula is C31H21F3N6O2S. The number of hydrogen-bond donors (Lipinski definition) is 0. The van der Waals surface area contributed by atoms with Crippen LogP contribution in [0.4, 0.5) is 18.9 Å². The highest BCUT2D eigenvalue weighted by molar-refractivity contribution is 8.15. The van der Waals surface area contributed by atoms with Crippen LogP contribution in [0.5, 0.6) is 5.75 Å². The van der Waals surface area contributed by atoms with Gasteiger partial charge in [0.2, 0.25) is 5.91 Å². The fourth-order valence-corrected chi connectivity index (χ4v) is 5.20. The van der Waals surface area contributed by atoms with E-state index in [1.54, 1.807) is 11.1 Å². The molecule has 1 aliphatic rings. The maximum Gasteiger partial charge on any atom is 0.573 e. The lowest BCUT2D eigenvalue weighted by Crippen LogP contribution is -2.29. The van der Waals surface area contributed by atoms with Gasteiger partial charge in [0.1, 0.15) is 12.1 Å². The first-order valence-electron chi connectivity index (χ1n) is 12.9. The van der Waals surface area contributed by atoms with Crippen molar-refractivity contribution in [1.82, 2.24) is 14.8 Å². The molecule has 8 nitrogen and oxygen atoms in total.